The molecule has 0 spiro atoms. The summed E-state index contributed by atoms with van der Waals surface area (Å²) < 4.78 is 7.03. The number of nitrogens with two attached hydrogens (primary N) is 1. The molecule has 0 saturated heterocycles. The molecule has 0 aliphatic heterocycles. The molecule has 1 aromatic heterocycles. The number of carbonyl (C=O) groups excluding carboxylic acids is 2. The number of carbonyl (C=O) groups is 2. The number of halogens is 2. The Morgan fingerprint density at radius 3 is 2.31 bits per heavy atom. The van der Waals surface area contributed by atoms with Crippen molar-refractivity contribution in [2.75, 3.05) is 13.2 Å². The van der Waals surface area contributed by atoms with Crippen LogP contribution in [0.1, 0.15) is 64.0 Å². The number of hydrogen-bond donors (Lipinski definition) is 2. The molecular formula is C20H34Cl2N2O5. The van der Waals surface area contributed by atoms with Gasteiger partial charge in [-0.3, -0.25) is 14.4 Å². The standard InChI is InChI=1S/C20H32N2O5.2ClH/c1-2-17-20(26)18(24)11-13-22(17)12-7-5-3-4-6-8-14-27-19(25)10-9-16(23)15-21;;/h11,13,26H,2-10,12,14-15,21H2,1H3;2*1H. The second kappa shape index (κ2) is 17.3. The molecule has 0 atom stereocenters. The van der Waals surface area contributed by atoms with Crippen molar-refractivity contribution in [3.8, 4) is 5.75 Å². The molecule has 0 amide bonds. The lowest BCUT2D eigenvalue weighted by molar-refractivity contribution is -0.144. The fourth-order valence-corrected chi connectivity index (χ4v) is 2.88. The van der Waals surface area contributed by atoms with Crippen molar-refractivity contribution < 1.29 is 19.4 Å². The number of rotatable bonds is 14. The molecule has 0 unspecified atom stereocenters. The summed E-state index contributed by atoms with van der Waals surface area (Å²) in [5, 5.41) is 9.82. The summed E-state index contributed by atoms with van der Waals surface area (Å²) in [5.41, 5.74) is 5.55. The summed E-state index contributed by atoms with van der Waals surface area (Å²) in [6, 6.07) is 1.40. The average molecular weight is 453 g/mol. The van der Waals surface area contributed by atoms with Crippen LogP contribution in [0.25, 0.3) is 0 Å². The second-order valence-electron chi connectivity index (χ2n) is 6.61. The quantitative estimate of drug-likeness (QED) is 0.331. The van der Waals surface area contributed by atoms with Gasteiger partial charge in [0.2, 0.25) is 5.43 Å². The minimum Gasteiger partial charge on any atom is -0.503 e. The van der Waals surface area contributed by atoms with Crippen molar-refractivity contribution in [3.05, 3.63) is 28.2 Å². The minimum absolute atomic E-state index is 0. The van der Waals surface area contributed by atoms with Gasteiger partial charge in [0.05, 0.1) is 25.3 Å². The molecule has 1 heterocycles. The van der Waals surface area contributed by atoms with Gasteiger partial charge in [0.25, 0.3) is 0 Å². The Balaban J connectivity index is 0. The van der Waals surface area contributed by atoms with Crippen LogP contribution in [0.3, 0.4) is 0 Å². The van der Waals surface area contributed by atoms with Crippen LogP contribution < -0.4 is 11.2 Å². The predicted molar refractivity (Wildman–Crippen MR) is 118 cm³/mol. The first-order valence-corrected chi connectivity index (χ1v) is 9.78. The normalized spacial score (nSPS) is 10.0. The summed E-state index contributed by atoms with van der Waals surface area (Å²) >= 11 is 0. The summed E-state index contributed by atoms with van der Waals surface area (Å²) in [6.45, 7) is 3.08. The van der Waals surface area contributed by atoms with Gasteiger partial charge in [-0.1, -0.05) is 32.6 Å². The van der Waals surface area contributed by atoms with E-state index >= 15 is 0 Å². The van der Waals surface area contributed by atoms with E-state index in [4.69, 9.17) is 10.5 Å². The van der Waals surface area contributed by atoms with E-state index in [1.54, 1.807) is 6.20 Å². The summed E-state index contributed by atoms with van der Waals surface area (Å²) in [5.74, 6) is -0.606. The van der Waals surface area contributed by atoms with Gasteiger partial charge >= 0.3 is 5.97 Å². The fourth-order valence-electron chi connectivity index (χ4n) is 2.88. The second-order valence-corrected chi connectivity index (χ2v) is 6.61. The summed E-state index contributed by atoms with van der Waals surface area (Å²) in [6.07, 6.45) is 8.66. The lowest BCUT2D eigenvalue weighted by Crippen LogP contribution is -2.15. The molecule has 7 nitrogen and oxygen atoms in total. The minimum atomic E-state index is -0.340. The smallest absolute Gasteiger partial charge is 0.306 e. The number of unbranched alkanes of at least 4 members (excludes halogenated alkanes) is 5. The molecule has 29 heavy (non-hydrogen) atoms. The first-order valence-electron chi connectivity index (χ1n) is 9.78. The van der Waals surface area contributed by atoms with E-state index in [0.29, 0.717) is 18.7 Å². The highest BCUT2D eigenvalue weighted by Crippen LogP contribution is 2.14. The maximum absolute atomic E-state index is 11.5. The summed E-state index contributed by atoms with van der Waals surface area (Å²) in [4.78, 5) is 33.9. The lowest BCUT2D eigenvalue weighted by atomic mass is 10.1. The van der Waals surface area contributed by atoms with Crippen LogP contribution >= 0.6 is 24.8 Å². The number of ketones is 1. The number of Topliss-reactive ketones (excluding diaryl/α,β-unsaturated/α-hetero) is 1. The third kappa shape index (κ3) is 11.9. The Morgan fingerprint density at radius 2 is 1.69 bits per heavy atom. The van der Waals surface area contributed by atoms with E-state index < -0.39 is 0 Å². The molecule has 3 N–H and O–H groups in total. The van der Waals surface area contributed by atoms with Crippen molar-refractivity contribution in [3.63, 3.8) is 0 Å². The number of aryl methyl sites for hydroxylation is 1. The first-order chi connectivity index (χ1) is 13.0. The van der Waals surface area contributed by atoms with Crippen LogP contribution in [0.2, 0.25) is 0 Å². The number of aromatic hydroxyl groups is 1. The van der Waals surface area contributed by atoms with E-state index in [1.165, 1.54) is 6.07 Å². The van der Waals surface area contributed by atoms with Gasteiger partial charge < -0.3 is 20.1 Å². The number of pyridine rings is 1. The van der Waals surface area contributed by atoms with Crippen molar-refractivity contribution in [1.82, 2.24) is 4.57 Å². The van der Waals surface area contributed by atoms with Gasteiger partial charge in [-0.2, -0.15) is 0 Å². The molecule has 1 aromatic rings. The molecule has 1 rings (SSSR count). The van der Waals surface area contributed by atoms with Crippen LogP contribution in [0, 0.1) is 0 Å². The number of esters is 1. The van der Waals surface area contributed by atoms with Gasteiger partial charge in [0.1, 0.15) is 5.78 Å². The third-order valence-electron chi connectivity index (χ3n) is 4.49. The Kier molecular flexibility index (Phi) is 17.7. The number of nitrogens with zero attached hydrogens (tertiary/aromatic N) is 1. The Bertz CT molecular complexity index is 665. The third-order valence-corrected chi connectivity index (χ3v) is 4.49. The van der Waals surface area contributed by atoms with Crippen LogP contribution in [-0.2, 0) is 27.3 Å². The zero-order valence-corrected chi connectivity index (χ0v) is 18.7. The Labute approximate surface area is 184 Å². The van der Waals surface area contributed by atoms with E-state index in [2.05, 4.69) is 0 Å². The van der Waals surface area contributed by atoms with E-state index in [-0.39, 0.29) is 67.1 Å². The first kappa shape index (κ1) is 29.6. The van der Waals surface area contributed by atoms with Gasteiger partial charge in [-0.25, -0.2) is 0 Å². The van der Waals surface area contributed by atoms with Crippen molar-refractivity contribution in [2.24, 2.45) is 5.73 Å². The monoisotopic (exact) mass is 452 g/mol. The zero-order valence-electron chi connectivity index (χ0n) is 17.1. The van der Waals surface area contributed by atoms with Gasteiger partial charge in [0.15, 0.2) is 5.75 Å². The number of hydrogen-bond acceptors (Lipinski definition) is 6. The SMILES string of the molecule is CCc1c(O)c(=O)ccn1CCCCCCCCOC(=O)CCC(=O)CN.Cl.Cl. The predicted octanol–water partition coefficient (Wildman–Crippen LogP) is 3.15. The topological polar surface area (TPSA) is 112 Å². The van der Waals surface area contributed by atoms with E-state index in [0.717, 1.165) is 45.1 Å². The molecular weight excluding hydrogens is 419 g/mol. The molecule has 0 fully saturated rings. The Morgan fingerprint density at radius 1 is 1.07 bits per heavy atom. The summed E-state index contributed by atoms with van der Waals surface area (Å²) in [7, 11) is 0. The van der Waals surface area contributed by atoms with E-state index in [9.17, 15) is 19.5 Å². The molecule has 0 radical (unpaired) electrons. The van der Waals surface area contributed by atoms with Crippen LogP contribution in [0.5, 0.6) is 5.75 Å². The average Bonchev–Trinajstić information content (AvgIpc) is 2.67. The fraction of sp³-hybridized carbons (Fsp3) is 0.650. The maximum Gasteiger partial charge on any atom is 0.306 e. The van der Waals surface area contributed by atoms with Gasteiger partial charge in [0, 0.05) is 25.2 Å². The van der Waals surface area contributed by atoms with Crippen molar-refractivity contribution in [2.45, 2.75) is 71.3 Å². The molecule has 0 aliphatic carbocycles. The molecule has 0 aliphatic rings. The van der Waals surface area contributed by atoms with Crippen LogP contribution in [-0.4, -0.2) is 34.6 Å². The van der Waals surface area contributed by atoms with Crippen molar-refractivity contribution in [1.29, 1.82) is 0 Å². The highest BCUT2D eigenvalue weighted by atomic mass is 35.5. The van der Waals surface area contributed by atoms with Gasteiger partial charge in [-0.15, -0.1) is 24.8 Å². The van der Waals surface area contributed by atoms with Crippen LogP contribution in [0.4, 0.5) is 0 Å². The largest absolute Gasteiger partial charge is 0.503 e. The number of aromatic nitrogens is 1. The Hall–Kier alpha value is -1.57. The molecule has 0 saturated carbocycles. The molecule has 168 valence electrons. The molecule has 0 aromatic carbocycles. The number of ether oxygens (including phenoxy) is 1. The maximum atomic E-state index is 11.5. The van der Waals surface area contributed by atoms with E-state index in [1.807, 2.05) is 11.5 Å². The highest BCUT2D eigenvalue weighted by molar-refractivity contribution is 5.85. The molecule has 0 bridgehead atoms. The van der Waals surface area contributed by atoms with Gasteiger partial charge in [-0.05, 0) is 19.3 Å². The van der Waals surface area contributed by atoms with Crippen molar-refractivity contribution >= 4 is 36.6 Å². The molecule has 9 heteroatoms. The lowest BCUT2D eigenvalue weighted by Gasteiger charge is -2.13. The highest BCUT2D eigenvalue weighted by Gasteiger charge is 2.08. The van der Waals surface area contributed by atoms with Crippen LogP contribution in [0.15, 0.2) is 17.1 Å². The zero-order chi connectivity index (χ0) is 20.1.